The number of pyridine rings is 2. The van der Waals surface area contributed by atoms with Crippen LogP contribution >= 0.6 is 12.2 Å². The summed E-state index contributed by atoms with van der Waals surface area (Å²) in [5, 5.41) is 6.91. The van der Waals surface area contributed by atoms with Gasteiger partial charge in [0.15, 0.2) is 5.11 Å². The molecule has 5 rings (SSSR count). The van der Waals surface area contributed by atoms with Crippen LogP contribution in [0, 0.1) is 0 Å². The number of nitrogens with one attached hydrogen (secondary N) is 2. The molecule has 182 valence electrons. The number of rotatable bonds is 7. The van der Waals surface area contributed by atoms with Crippen molar-refractivity contribution in [3.8, 4) is 5.75 Å². The van der Waals surface area contributed by atoms with Crippen molar-refractivity contribution in [3.05, 3.63) is 102 Å². The van der Waals surface area contributed by atoms with Crippen LogP contribution in [0.25, 0.3) is 0 Å². The maximum atomic E-state index is 11.8. The predicted octanol–water partition coefficient (Wildman–Crippen LogP) is 4.47. The van der Waals surface area contributed by atoms with Gasteiger partial charge < -0.3 is 24.8 Å². The number of carbonyl (C=O) groups excluding carboxylic acids is 1. The molecule has 9 heteroatoms. The number of ether oxygens (including phenoxy) is 1. The van der Waals surface area contributed by atoms with E-state index in [1.807, 2.05) is 60.7 Å². The van der Waals surface area contributed by atoms with E-state index in [1.54, 1.807) is 19.5 Å². The fourth-order valence-electron chi connectivity index (χ4n) is 4.57. The summed E-state index contributed by atoms with van der Waals surface area (Å²) in [6.07, 6.45) is 5.64. The Kier molecular flexibility index (Phi) is 6.64. The lowest BCUT2D eigenvalue weighted by molar-refractivity contribution is -0.114. The van der Waals surface area contributed by atoms with Gasteiger partial charge in [0.25, 0.3) is 0 Å². The maximum absolute atomic E-state index is 11.8. The molecule has 2 atom stereocenters. The molecule has 0 spiro atoms. The van der Waals surface area contributed by atoms with Crippen LogP contribution in [0.4, 0.5) is 11.4 Å². The van der Waals surface area contributed by atoms with E-state index in [9.17, 15) is 4.79 Å². The fourth-order valence-corrected chi connectivity index (χ4v) is 4.92. The Morgan fingerprint density at radius 2 is 1.89 bits per heavy atom. The number of carbonyl (C=O) groups is 1. The van der Waals surface area contributed by atoms with E-state index in [-0.39, 0.29) is 18.0 Å². The highest BCUT2D eigenvalue weighted by atomic mass is 32.1. The minimum Gasteiger partial charge on any atom is -0.495 e. The van der Waals surface area contributed by atoms with Gasteiger partial charge in [-0.05, 0) is 66.8 Å². The Bertz CT molecular complexity index is 1380. The van der Waals surface area contributed by atoms with Crippen LogP contribution in [0.2, 0.25) is 0 Å². The lowest BCUT2D eigenvalue weighted by atomic mass is 10.0. The van der Waals surface area contributed by atoms with Crippen LogP contribution in [0.3, 0.4) is 0 Å². The van der Waals surface area contributed by atoms with Crippen molar-refractivity contribution < 1.29 is 9.53 Å². The van der Waals surface area contributed by atoms with E-state index in [1.165, 1.54) is 6.92 Å². The largest absolute Gasteiger partial charge is 0.495 e. The van der Waals surface area contributed by atoms with Gasteiger partial charge in [0.2, 0.25) is 5.91 Å². The zero-order chi connectivity index (χ0) is 25.1. The Balaban J connectivity index is 1.61. The minimum absolute atomic E-state index is 0.181. The summed E-state index contributed by atoms with van der Waals surface area (Å²) in [5.41, 5.74) is 4.30. The molecule has 36 heavy (non-hydrogen) atoms. The third kappa shape index (κ3) is 4.65. The summed E-state index contributed by atoms with van der Waals surface area (Å²) in [5.74, 6) is 0.392. The Hall–Kier alpha value is -4.24. The highest BCUT2D eigenvalue weighted by Gasteiger charge is 2.42. The molecule has 1 amide bonds. The van der Waals surface area contributed by atoms with Gasteiger partial charge in [-0.25, -0.2) is 0 Å². The molecule has 0 aliphatic carbocycles. The first-order valence-corrected chi connectivity index (χ1v) is 12.0. The second-order valence-electron chi connectivity index (χ2n) is 8.44. The second kappa shape index (κ2) is 10.2. The molecule has 1 aromatic carbocycles. The number of thiocarbonyl (C=S) groups is 1. The monoisotopic (exact) mass is 498 g/mol. The van der Waals surface area contributed by atoms with Crippen molar-refractivity contribution in [2.75, 3.05) is 17.3 Å². The van der Waals surface area contributed by atoms with Crippen molar-refractivity contribution in [1.82, 2.24) is 19.9 Å². The lowest BCUT2D eigenvalue weighted by Gasteiger charge is -2.29. The van der Waals surface area contributed by atoms with Crippen molar-refractivity contribution in [2.45, 2.75) is 25.6 Å². The van der Waals surface area contributed by atoms with Crippen molar-refractivity contribution in [3.63, 3.8) is 0 Å². The van der Waals surface area contributed by atoms with Crippen LogP contribution < -0.4 is 20.3 Å². The molecule has 0 saturated carbocycles. The van der Waals surface area contributed by atoms with E-state index in [2.05, 4.69) is 42.3 Å². The third-order valence-corrected chi connectivity index (χ3v) is 6.41. The van der Waals surface area contributed by atoms with E-state index >= 15 is 0 Å². The topological polar surface area (TPSA) is 84.3 Å². The number of hydrogen-bond donors (Lipinski definition) is 2. The number of methoxy groups -OCH3 is 1. The van der Waals surface area contributed by atoms with Gasteiger partial charge in [-0.15, -0.1) is 0 Å². The molecule has 4 heterocycles. The van der Waals surface area contributed by atoms with Crippen LogP contribution in [0.15, 0.2) is 85.3 Å². The molecule has 8 nitrogen and oxygen atoms in total. The van der Waals surface area contributed by atoms with Crippen LogP contribution in [0.1, 0.15) is 36.1 Å². The predicted molar refractivity (Wildman–Crippen MR) is 143 cm³/mol. The maximum Gasteiger partial charge on any atom is 0.221 e. The minimum atomic E-state index is -0.204. The normalized spacial score (nSPS) is 17.1. The number of anilines is 2. The number of benzene rings is 1. The summed E-state index contributed by atoms with van der Waals surface area (Å²) in [7, 11) is 1.58. The summed E-state index contributed by atoms with van der Waals surface area (Å²) >= 11 is 5.86. The molecule has 1 aliphatic heterocycles. The van der Waals surface area contributed by atoms with Gasteiger partial charge in [0.05, 0.1) is 36.8 Å². The number of aromatic nitrogens is 3. The van der Waals surface area contributed by atoms with E-state index < -0.39 is 0 Å². The lowest BCUT2D eigenvalue weighted by Crippen LogP contribution is -2.30. The van der Waals surface area contributed by atoms with Gasteiger partial charge in [0.1, 0.15) is 11.8 Å². The zero-order valence-electron chi connectivity index (χ0n) is 20.0. The van der Waals surface area contributed by atoms with E-state index in [4.69, 9.17) is 17.0 Å². The van der Waals surface area contributed by atoms with Crippen LogP contribution in [-0.4, -0.2) is 32.7 Å². The average molecular weight is 499 g/mol. The quantitative estimate of drug-likeness (QED) is 0.364. The molecule has 1 saturated heterocycles. The van der Waals surface area contributed by atoms with Gasteiger partial charge in [-0.2, -0.15) is 0 Å². The molecular formula is C27H26N6O2S. The van der Waals surface area contributed by atoms with Gasteiger partial charge >= 0.3 is 0 Å². The number of amides is 1. The van der Waals surface area contributed by atoms with Crippen molar-refractivity contribution in [2.24, 2.45) is 0 Å². The molecule has 1 aliphatic rings. The summed E-state index contributed by atoms with van der Waals surface area (Å²) in [6, 6.07) is 21.2. The molecule has 1 fully saturated rings. The fraction of sp³-hybridized carbons (Fsp3) is 0.185. The Morgan fingerprint density at radius 1 is 1.08 bits per heavy atom. The van der Waals surface area contributed by atoms with E-state index in [0.717, 1.165) is 22.8 Å². The number of nitrogens with zero attached hydrogens (tertiary/aromatic N) is 4. The third-order valence-electron chi connectivity index (χ3n) is 6.10. The summed E-state index contributed by atoms with van der Waals surface area (Å²) < 4.78 is 7.65. The molecule has 0 radical (unpaired) electrons. The van der Waals surface area contributed by atoms with Gasteiger partial charge in [0, 0.05) is 36.9 Å². The molecule has 3 aromatic heterocycles. The summed E-state index contributed by atoms with van der Waals surface area (Å²) in [6.45, 7) is 2.09. The summed E-state index contributed by atoms with van der Waals surface area (Å²) in [4.78, 5) is 23.1. The second-order valence-corrected chi connectivity index (χ2v) is 8.83. The molecular weight excluding hydrogens is 472 g/mol. The highest BCUT2D eigenvalue weighted by Crippen LogP contribution is 2.43. The van der Waals surface area contributed by atoms with Crippen molar-refractivity contribution >= 4 is 34.6 Å². The first kappa shape index (κ1) is 23.5. The Morgan fingerprint density at radius 3 is 2.58 bits per heavy atom. The molecule has 2 N–H and O–H groups in total. The van der Waals surface area contributed by atoms with E-state index in [0.29, 0.717) is 23.1 Å². The Labute approximate surface area is 215 Å². The van der Waals surface area contributed by atoms with Crippen LogP contribution in [0.5, 0.6) is 5.75 Å². The van der Waals surface area contributed by atoms with Gasteiger partial charge in [-0.1, -0.05) is 12.1 Å². The standard InChI is InChI=1S/C27H26N6O2S/c1-18(34)30-22-16-20(11-12-24(22)35-2)33-26(25(31-27(33)36)21-9-4-6-14-29-21)23-10-7-15-32(23)17-19-8-3-5-13-28-19/h3-16,25-26H,17H2,1-2H3,(H,30,34)(H,31,36). The smallest absolute Gasteiger partial charge is 0.221 e. The van der Waals surface area contributed by atoms with Crippen LogP contribution in [-0.2, 0) is 11.3 Å². The number of hydrogen-bond acceptors (Lipinski definition) is 5. The first-order valence-electron chi connectivity index (χ1n) is 11.6. The average Bonchev–Trinajstić information content (AvgIpc) is 3.48. The molecule has 0 bridgehead atoms. The molecule has 2 unspecified atom stereocenters. The van der Waals surface area contributed by atoms with Crippen molar-refractivity contribution in [1.29, 1.82) is 0 Å². The highest BCUT2D eigenvalue weighted by molar-refractivity contribution is 7.80. The van der Waals surface area contributed by atoms with Gasteiger partial charge in [-0.3, -0.25) is 14.8 Å². The first-order chi connectivity index (χ1) is 17.5. The zero-order valence-corrected chi connectivity index (χ0v) is 20.8. The SMILES string of the molecule is COc1ccc(N2C(=S)NC(c3ccccn3)C2c2cccn2Cc2ccccn2)cc1NC(C)=O. The molecule has 4 aromatic rings.